The number of aliphatic carboxylic acids is 2. The van der Waals surface area contributed by atoms with Gasteiger partial charge in [0.15, 0.2) is 0 Å². The van der Waals surface area contributed by atoms with Gasteiger partial charge in [0.2, 0.25) is 0 Å². The molecule has 0 saturated carbocycles. The van der Waals surface area contributed by atoms with E-state index in [0.717, 1.165) is 18.2 Å². The first-order valence-electron chi connectivity index (χ1n) is 5.72. The first kappa shape index (κ1) is 16.3. The number of halogens is 2. The Hall–Kier alpha value is -2.71. The zero-order valence-corrected chi connectivity index (χ0v) is 10.6. The molecule has 7 nitrogen and oxygen atoms in total. The van der Waals surface area contributed by atoms with Crippen LogP contribution < -0.4 is 10.6 Å². The van der Waals surface area contributed by atoms with E-state index in [9.17, 15) is 23.2 Å². The van der Waals surface area contributed by atoms with Gasteiger partial charge >= 0.3 is 18.0 Å². The molecule has 0 aliphatic heterocycles. The highest BCUT2D eigenvalue weighted by Gasteiger charge is 2.22. The van der Waals surface area contributed by atoms with Crippen molar-refractivity contribution in [3.8, 4) is 0 Å². The molecule has 0 aliphatic rings. The Morgan fingerprint density at radius 3 is 2.43 bits per heavy atom. The number of carboxylic acids is 2. The highest BCUT2D eigenvalue weighted by Crippen LogP contribution is 2.09. The summed E-state index contributed by atoms with van der Waals surface area (Å²) < 4.78 is 26.2. The monoisotopic (exact) mass is 302 g/mol. The summed E-state index contributed by atoms with van der Waals surface area (Å²) in [6.07, 6.45) is -0.808. The van der Waals surface area contributed by atoms with Crippen molar-refractivity contribution in [2.24, 2.45) is 0 Å². The lowest BCUT2D eigenvalue weighted by molar-refractivity contribution is -0.145. The van der Waals surface area contributed by atoms with Crippen LogP contribution in [-0.2, 0) is 16.1 Å². The summed E-state index contributed by atoms with van der Waals surface area (Å²) in [6, 6.07) is 0.0369. The topological polar surface area (TPSA) is 116 Å². The van der Waals surface area contributed by atoms with Crippen molar-refractivity contribution in [2.75, 3.05) is 0 Å². The van der Waals surface area contributed by atoms with Crippen LogP contribution in [0.3, 0.4) is 0 Å². The standard InChI is InChI=1S/C12H12F2N2O5/c13-7-1-2-8(14)6(3-7)5-15-12(21)16-9(11(19)20)4-10(17)18/h1-3,9H,4-5H2,(H,17,18)(H,19,20)(H2,15,16,21)/t9-/m1/s1. The molecule has 9 heteroatoms. The number of carbonyl (C=O) groups is 3. The molecule has 0 bridgehead atoms. The minimum Gasteiger partial charge on any atom is -0.481 e. The highest BCUT2D eigenvalue weighted by molar-refractivity contribution is 5.86. The van der Waals surface area contributed by atoms with Gasteiger partial charge in [0.05, 0.1) is 6.42 Å². The molecule has 2 amide bonds. The predicted octanol–water partition coefficient (Wildman–Crippen LogP) is 0.692. The number of hydrogen-bond acceptors (Lipinski definition) is 3. The van der Waals surface area contributed by atoms with Crippen molar-refractivity contribution in [3.63, 3.8) is 0 Å². The van der Waals surface area contributed by atoms with E-state index in [-0.39, 0.29) is 12.1 Å². The molecule has 0 aromatic heterocycles. The Labute approximate surface area is 117 Å². The van der Waals surface area contributed by atoms with Gasteiger partial charge in [0.1, 0.15) is 17.7 Å². The second kappa shape index (κ2) is 7.17. The maximum absolute atomic E-state index is 13.3. The number of amides is 2. The number of hydrogen-bond donors (Lipinski definition) is 4. The van der Waals surface area contributed by atoms with E-state index in [1.807, 2.05) is 5.32 Å². The molecule has 1 rings (SSSR count). The first-order chi connectivity index (χ1) is 9.79. The van der Waals surface area contributed by atoms with Crippen molar-refractivity contribution in [3.05, 3.63) is 35.4 Å². The maximum Gasteiger partial charge on any atom is 0.326 e. The Kier molecular flexibility index (Phi) is 5.58. The average Bonchev–Trinajstić information content (AvgIpc) is 2.38. The predicted molar refractivity (Wildman–Crippen MR) is 65.4 cm³/mol. The molecule has 4 N–H and O–H groups in total. The van der Waals surface area contributed by atoms with Crippen LogP contribution in [0.4, 0.5) is 13.6 Å². The summed E-state index contributed by atoms with van der Waals surface area (Å²) in [7, 11) is 0. The molecule has 0 radical (unpaired) electrons. The van der Waals surface area contributed by atoms with Crippen LogP contribution in [0.5, 0.6) is 0 Å². The number of carboxylic acid groups (broad SMARTS) is 2. The molecule has 0 unspecified atom stereocenters. The van der Waals surface area contributed by atoms with E-state index in [1.165, 1.54) is 0 Å². The summed E-state index contributed by atoms with van der Waals surface area (Å²) in [6.45, 7) is -0.380. The molecule has 1 atom stereocenters. The number of carbonyl (C=O) groups excluding carboxylic acids is 1. The summed E-state index contributed by atoms with van der Waals surface area (Å²) in [5, 5.41) is 21.2. The van der Waals surface area contributed by atoms with Crippen molar-refractivity contribution in [1.29, 1.82) is 0 Å². The summed E-state index contributed by atoms with van der Waals surface area (Å²) in [5.74, 6) is -4.36. The third-order valence-electron chi connectivity index (χ3n) is 2.43. The molecule has 1 aromatic rings. The van der Waals surface area contributed by atoms with Gasteiger partial charge < -0.3 is 20.8 Å². The van der Waals surface area contributed by atoms with E-state index in [2.05, 4.69) is 5.32 Å². The molecule has 0 fully saturated rings. The lowest BCUT2D eigenvalue weighted by Gasteiger charge is -2.13. The Morgan fingerprint density at radius 1 is 1.19 bits per heavy atom. The molecule has 0 spiro atoms. The van der Waals surface area contributed by atoms with Gasteiger partial charge in [0.25, 0.3) is 0 Å². The fourth-order valence-electron chi connectivity index (χ4n) is 1.44. The largest absolute Gasteiger partial charge is 0.481 e. The molecule has 0 aliphatic carbocycles. The summed E-state index contributed by atoms with van der Waals surface area (Å²) in [5.41, 5.74) is -0.129. The van der Waals surface area contributed by atoms with Crippen LogP contribution in [-0.4, -0.2) is 34.2 Å². The number of rotatable bonds is 6. The Balaban J connectivity index is 2.58. The SMILES string of the molecule is O=C(O)C[C@@H](NC(=O)NCc1cc(F)ccc1F)C(=O)O. The van der Waals surface area contributed by atoms with Crippen molar-refractivity contribution < 1.29 is 33.4 Å². The van der Waals surface area contributed by atoms with Gasteiger partial charge in [-0.1, -0.05) is 0 Å². The average molecular weight is 302 g/mol. The van der Waals surface area contributed by atoms with E-state index in [0.29, 0.717) is 0 Å². The van der Waals surface area contributed by atoms with Crippen LogP contribution in [0.2, 0.25) is 0 Å². The molecule has 21 heavy (non-hydrogen) atoms. The smallest absolute Gasteiger partial charge is 0.326 e. The second-order valence-electron chi connectivity index (χ2n) is 4.05. The molecular formula is C12H12F2N2O5. The minimum atomic E-state index is -1.63. The van der Waals surface area contributed by atoms with Crippen LogP contribution in [0, 0.1) is 11.6 Å². The fraction of sp³-hybridized carbons (Fsp3) is 0.250. The zero-order chi connectivity index (χ0) is 16.0. The van der Waals surface area contributed by atoms with Gasteiger partial charge in [-0.05, 0) is 18.2 Å². The van der Waals surface area contributed by atoms with E-state index >= 15 is 0 Å². The second-order valence-corrected chi connectivity index (χ2v) is 4.05. The van der Waals surface area contributed by atoms with Gasteiger partial charge in [0, 0.05) is 12.1 Å². The van der Waals surface area contributed by atoms with Crippen LogP contribution >= 0.6 is 0 Å². The van der Waals surface area contributed by atoms with E-state index in [4.69, 9.17) is 10.2 Å². The Bertz CT molecular complexity index is 565. The first-order valence-corrected chi connectivity index (χ1v) is 5.72. The van der Waals surface area contributed by atoms with Crippen molar-refractivity contribution in [2.45, 2.75) is 19.0 Å². The van der Waals surface area contributed by atoms with Gasteiger partial charge in [-0.2, -0.15) is 0 Å². The quantitative estimate of drug-likeness (QED) is 0.617. The normalized spacial score (nSPS) is 11.5. The highest BCUT2D eigenvalue weighted by atomic mass is 19.1. The summed E-state index contributed by atoms with van der Waals surface area (Å²) in [4.78, 5) is 32.6. The van der Waals surface area contributed by atoms with Crippen molar-refractivity contribution in [1.82, 2.24) is 10.6 Å². The molecular weight excluding hydrogens is 290 g/mol. The van der Waals surface area contributed by atoms with Crippen LogP contribution in [0.15, 0.2) is 18.2 Å². The Morgan fingerprint density at radius 2 is 1.86 bits per heavy atom. The minimum absolute atomic E-state index is 0.129. The molecule has 0 heterocycles. The number of urea groups is 1. The van der Waals surface area contributed by atoms with E-state index < -0.39 is 42.1 Å². The third-order valence-corrected chi connectivity index (χ3v) is 2.43. The lowest BCUT2D eigenvalue weighted by Crippen LogP contribution is -2.46. The maximum atomic E-state index is 13.3. The van der Waals surface area contributed by atoms with Gasteiger partial charge in [-0.3, -0.25) is 4.79 Å². The lowest BCUT2D eigenvalue weighted by atomic mass is 10.2. The van der Waals surface area contributed by atoms with Gasteiger partial charge in [-0.25, -0.2) is 18.4 Å². The van der Waals surface area contributed by atoms with E-state index in [1.54, 1.807) is 0 Å². The summed E-state index contributed by atoms with van der Waals surface area (Å²) >= 11 is 0. The number of benzene rings is 1. The fourth-order valence-corrected chi connectivity index (χ4v) is 1.44. The number of nitrogens with one attached hydrogen (secondary N) is 2. The third kappa shape index (κ3) is 5.43. The molecule has 1 aromatic carbocycles. The van der Waals surface area contributed by atoms with Crippen LogP contribution in [0.1, 0.15) is 12.0 Å². The zero-order valence-electron chi connectivity index (χ0n) is 10.6. The molecule has 0 saturated heterocycles. The van der Waals surface area contributed by atoms with Crippen molar-refractivity contribution >= 4 is 18.0 Å². The van der Waals surface area contributed by atoms with Gasteiger partial charge in [-0.15, -0.1) is 0 Å². The van der Waals surface area contributed by atoms with Crippen LogP contribution in [0.25, 0.3) is 0 Å². The molecule has 114 valence electrons.